The van der Waals surface area contributed by atoms with Gasteiger partial charge in [0, 0.05) is 5.69 Å². The first-order valence-electron chi connectivity index (χ1n) is 6.83. The van der Waals surface area contributed by atoms with E-state index in [4.69, 9.17) is 10.8 Å². The van der Waals surface area contributed by atoms with Gasteiger partial charge in [-0.15, -0.1) is 0 Å². The predicted molar refractivity (Wildman–Crippen MR) is 79.5 cm³/mol. The zero-order valence-electron chi connectivity index (χ0n) is 12.0. The van der Waals surface area contributed by atoms with Crippen LogP contribution < -0.4 is 21.7 Å². The van der Waals surface area contributed by atoms with Gasteiger partial charge in [0.15, 0.2) is 0 Å². The number of urea groups is 1. The average Bonchev–Trinajstić information content (AvgIpc) is 2.48. The monoisotopic (exact) mass is 320 g/mol. The van der Waals surface area contributed by atoms with Crippen molar-refractivity contribution in [1.29, 1.82) is 0 Å². The van der Waals surface area contributed by atoms with E-state index in [0.29, 0.717) is 11.3 Å². The molecule has 4 amide bonds. The summed E-state index contributed by atoms with van der Waals surface area (Å²) in [6, 6.07) is 3.83. The fourth-order valence-electron chi connectivity index (χ4n) is 2.06. The maximum absolute atomic E-state index is 12.0. The molecule has 2 atom stereocenters. The van der Waals surface area contributed by atoms with Crippen LogP contribution in [0.25, 0.3) is 0 Å². The molecule has 1 aromatic carbocycles. The number of nitrogens with two attached hydrogens (primary N) is 1. The van der Waals surface area contributed by atoms with Crippen LogP contribution in [0.4, 0.5) is 10.5 Å². The summed E-state index contributed by atoms with van der Waals surface area (Å²) in [6.45, 7) is 0. The first-order valence-corrected chi connectivity index (χ1v) is 6.83. The molecule has 0 radical (unpaired) electrons. The van der Waals surface area contributed by atoms with Gasteiger partial charge in [-0.2, -0.15) is 0 Å². The van der Waals surface area contributed by atoms with Crippen molar-refractivity contribution in [3.8, 4) is 0 Å². The van der Waals surface area contributed by atoms with Crippen LogP contribution in [0, 0.1) is 0 Å². The molecule has 0 spiro atoms. The average molecular weight is 320 g/mol. The normalized spacial score (nSPS) is 18.6. The summed E-state index contributed by atoms with van der Waals surface area (Å²) in [6.07, 6.45) is 0.0333. The van der Waals surface area contributed by atoms with Gasteiger partial charge in [0.1, 0.15) is 12.1 Å². The summed E-state index contributed by atoms with van der Waals surface area (Å²) in [5.41, 5.74) is 6.62. The van der Waals surface area contributed by atoms with Crippen molar-refractivity contribution >= 4 is 29.5 Å². The largest absolute Gasteiger partial charge is 0.480 e. The highest BCUT2D eigenvalue weighted by molar-refractivity contribution is 6.05. The number of anilines is 1. The van der Waals surface area contributed by atoms with E-state index in [0.717, 1.165) is 0 Å². The van der Waals surface area contributed by atoms with Gasteiger partial charge in [-0.05, 0) is 24.1 Å². The standard InChI is InChI=1S/C14H16N4O5/c15-9(13(21)22)5-7-1-3-8(4-2-7)16-12(20)10-6-11(19)18-14(23)17-10/h1-4,9-10H,5-6,15H2,(H,16,20)(H,21,22)(H2,17,18,19,23)/t9-,10?/m0/s1. The highest BCUT2D eigenvalue weighted by atomic mass is 16.4. The first-order chi connectivity index (χ1) is 10.8. The third-order valence-electron chi connectivity index (χ3n) is 3.26. The Kier molecular flexibility index (Phi) is 4.91. The molecular formula is C14H16N4O5. The van der Waals surface area contributed by atoms with Crippen molar-refractivity contribution in [3.05, 3.63) is 29.8 Å². The molecular weight excluding hydrogens is 304 g/mol. The van der Waals surface area contributed by atoms with Gasteiger partial charge in [-0.3, -0.25) is 19.7 Å². The van der Waals surface area contributed by atoms with E-state index in [2.05, 4.69) is 10.6 Å². The molecule has 9 heteroatoms. The number of carbonyl (C=O) groups is 4. The summed E-state index contributed by atoms with van der Waals surface area (Å²) < 4.78 is 0. The molecule has 9 nitrogen and oxygen atoms in total. The highest BCUT2D eigenvalue weighted by Crippen LogP contribution is 2.12. The first kappa shape index (κ1) is 16.4. The lowest BCUT2D eigenvalue weighted by atomic mass is 10.1. The molecule has 1 aliphatic rings. The van der Waals surface area contributed by atoms with Gasteiger partial charge in [0.2, 0.25) is 11.8 Å². The van der Waals surface area contributed by atoms with Crippen LogP contribution in [0.3, 0.4) is 0 Å². The smallest absolute Gasteiger partial charge is 0.322 e. The van der Waals surface area contributed by atoms with E-state index in [1.165, 1.54) is 0 Å². The second-order valence-corrected chi connectivity index (χ2v) is 5.11. The molecule has 0 bridgehead atoms. The Bertz CT molecular complexity index is 627. The van der Waals surface area contributed by atoms with Gasteiger partial charge in [0.05, 0.1) is 6.42 Å². The number of imide groups is 1. The number of amides is 4. The molecule has 1 heterocycles. The molecule has 1 aliphatic heterocycles. The fourth-order valence-corrected chi connectivity index (χ4v) is 2.06. The highest BCUT2D eigenvalue weighted by Gasteiger charge is 2.29. The Labute approximate surface area is 131 Å². The van der Waals surface area contributed by atoms with E-state index in [1.807, 2.05) is 5.32 Å². The van der Waals surface area contributed by atoms with Crippen LogP contribution in [0.15, 0.2) is 24.3 Å². The molecule has 1 aromatic rings. The van der Waals surface area contributed by atoms with Crippen LogP contribution in [0.1, 0.15) is 12.0 Å². The third kappa shape index (κ3) is 4.51. The van der Waals surface area contributed by atoms with Crippen molar-refractivity contribution in [3.63, 3.8) is 0 Å². The maximum atomic E-state index is 12.0. The van der Waals surface area contributed by atoms with E-state index in [-0.39, 0.29) is 12.8 Å². The maximum Gasteiger partial charge on any atom is 0.322 e. The van der Waals surface area contributed by atoms with E-state index in [1.54, 1.807) is 24.3 Å². The molecule has 1 fully saturated rings. The zero-order valence-corrected chi connectivity index (χ0v) is 12.0. The molecule has 6 N–H and O–H groups in total. The van der Waals surface area contributed by atoms with Crippen molar-refractivity contribution in [1.82, 2.24) is 10.6 Å². The predicted octanol–water partition coefficient (Wildman–Crippen LogP) is -0.822. The number of carbonyl (C=O) groups excluding carboxylic acids is 3. The van der Waals surface area contributed by atoms with E-state index in [9.17, 15) is 19.2 Å². The Hall–Kier alpha value is -2.94. The van der Waals surface area contributed by atoms with Crippen molar-refractivity contribution in [2.45, 2.75) is 24.9 Å². The molecule has 0 aromatic heterocycles. The minimum atomic E-state index is -1.09. The quantitative estimate of drug-likeness (QED) is 0.478. The van der Waals surface area contributed by atoms with E-state index < -0.39 is 35.9 Å². The lowest BCUT2D eigenvalue weighted by Crippen LogP contribution is -2.56. The second-order valence-electron chi connectivity index (χ2n) is 5.11. The van der Waals surface area contributed by atoms with Crippen LogP contribution in [0.5, 0.6) is 0 Å². The number of hydrogen-bond acceptors (Lipinski definition) is 5. The topological polar surface area (TPSA) is 151 Å². The van der Waals surface area contributed by atoms with Crippen molar-refractivity contribution < 1.29 is 24.3 Å². The summed E-state index contributed by atoms with van der Waals surface area (Å²) in [5.74, 6) is -2.12. The van der Waals surface area contributed by atoms with Crippen LogP contribution in [0.2, 0.25) is 0 Å². The Morgan fingerprint density at radius 3 is 2.52 bits per heavy atom. The molecule has 1 unspecified atom stereocenters. The van der Waals surface area contributed by atoms with Crippen molar-refractivity contribution in [2.75, 3.05) is 5.32 Å². The minimum absolute atomic E-state index is 0.136. The molecule has 122 valence electrons. The van der Waals surface area contributed by atoms with Gasteiger partial charge in [-0.1, -0.05) is 12.1 Å². The third-order valence-corrected chi connectivity index (χ3v) is 3.26. The molecule has 1 saturated heterocycles. The number of aliphatic carboxylic acids is 1. The summed E-state index contributed by atoms with van der Waals surface area (Å²) in [7, 11) is 0. The molecule has 2 rings (SSSR count). The molecule has 0 aliphatic carbocycles. The lowest BCUT2D eigenvalue weighted by molar-refractivity contribution is -0.138. The van der Waals surface area contributed by atoms with Gasteiger partial charge in [0.25, 0.3) is 0 Å². The summed E-state index contributed by atoms with van der Waals surface area (Å²) >= 11 is 0. The molecule has 0 saturated carbocycles. The van der Waals surface area contributed by atoms with Crippen molar-refractivity contribution in [2.24, 2.45) is 5.73 Å². The second kappa shape index (κ2) is 6.88. The zero-order chi connectivity index (χ0) is 17.0. The lowest BCUT2D eigenvalue weighted by Gasteiger charge is -2.22. The van der Waals surface area contributed by atoms with Gasteiger partial charge < -0.3 is 21.5 Å². The SMILES string of the molecule is N[C@@H](Cc1ccc(NC(=O)C2CC(=O)NC(=O)N2)cc1)C(=O)O. The fraction of sp³-hybridized carbons (Fsp3) is 0.286. The number of hydrogen-bond donors (Lipinski definition) is 5. The molecule has 23 heavy (non-hydrogen) atoms. The minimum Gasteiger partial charge on any atom is -0.480 e. The Morgan fingerprint density at radius 2 is 1.96 bits per heavy atom. The Balaban J connectivity index is 1.95. The number of benzene rings is 1. The van der Waals surface area contributed by atoms with Gasteiger partial charge >= 0.3 is 12.0 Å². The van der Waals surface area contributed by atoms with Gasteiger partial charge in [-0.25, -0.2) is 4.79 Å². The van der Waals surface area contributed by atoms with Crippen LogP contribution >= 0.6 is 0 Å². The number of nitrogens with one attached hydrogen (secondary N) is 3. The number of carboxylic acids is 1. The summed E-state index contributed by atoms with van der Waals surface area (Å²) in [5, 5.41) is 15.7. The Morgan fingerprint density at radius 1 is 1.30 bits per heavy atom. The number of rotatable bonds is 5. The van der Waals surface area contributed by atoms with Crippen LogP contribution in [-0.4, -0.2) is 41.0 Å². The summed E-state index contributed by atoms with van der Waals surface area (Å²) in [4.78, 5) is 45.1. The van der Waals surface area contributed by atoms with E-state index >= 15 is 0 Å². The van der Waals surface area contributed by atoms with Crippen LogP contribution in [-0.2, 0) is 20.8 Å². The number of carboxylic acid groups (broad SMARTS) is 1.